The van der Waals surface area contributed by atoms with Crippen molar-refractivity contribution in [2.45, 2.75) is 19.4 Å². The molecule has 2 aliphatic rings. The summed E-state index contributed by atoms with van der Waals surface area (Å²) in [5, 5.41) is 11.3. The van der Waals surface area contributed by atoms with Gasteiger partial charge >= 0.3 is 5.97 Å². The molecule has 3 aromatic rings. The number of nitrogens with zero attached hydrogens (tertiary/aromatic N) is 1. The first-order valence-electron chi connectivity index (χ1n) is 11.4. The van der Waals surface area contributed by atoms with Gasteiger partial charge in [0.25, 0.3) is 11.7 Å². The summed E-state index contributed by atoms with van der Waals surface area (Å²) in [6.07, 6.45) is 0.692. The fourth-order valence-corrected chi connectivity index (χ4v) is 4.53. The minimum absolute atomic E-state index is 0.0325. The maximum atomic E-state index is 13.3. The van der Waals surface area contributed by atoms with Gasteiger partial charge in [0.05, 0.1) is 25.3 Å². The van der Waals surface area contributed by atoms with Gasteiger partial charge in [0, 0.05) is 24.6 Å². The molecule has 1 fully saturated rings. The number of aliphatic hydroxyl groups is 1. The molecule has 0 bridgehead atoms. The summed E-state index contributed by atoms with van der Waals surface area (Å²) in [6, 6.07) is 17.5. The van der Waals surface area contributed by atoms with Crippen LogP contribution in [0.25, 0.3) is 5.76 Å². The van der Waals surface area contributed by atoms with Crippen molar-refractivity contribution in [1.29, 1.82) is 0 Å². The van der Waals surface area contributed by atoms with E-state index in [4.69, 9.17) is 14.2 Å². The summed E-state index contributed by atoms with van der Waals surface area (Å²) in [5.41, 5.74) is 2.34. The first kappa shape index (κ1) is 23.2. The van der Waals surface area contributed by atoms with Crippen LogP contribution in [0, 0.1) is 0 Å². The Kier molecular flexibility index (Phi) is 5.93. The maximum Gasteiger partial charge on any atom is 0.308 e. The van der Waals surface area contributed by atoms with Gasteiger partial charge in [-0.2, -0.15) is 0 Å². The highest BCUT2D eigenvalue weighted by molar-refractivity contribution is 6.51. The van der Waals surface area contributed by atoms with E-state index in [2.05, 4.69) is 0 Å². The Labute approximate surface area is 207 Å². The number of Topliss-reactive ketones (excluding diaryl/α,β-unsaturated/α-hetero) is 1. The quantitative estimate of drug-likeness (QED) is 0.190. The van der Waals surface area contributed by atoms with Crippen molar-refractivity contribution in [3.63, 3.8) is 0 Å². The summed E-state index contributed by atoms with van der Waals surface area (Å²) in [6.45, 7) is 1.85. The monoisotopic (exact) mass is 485 g/mol. The zero-order valence-corrected chi connectivity index (χ0v) is 19.7. The summed E-state index contributed by atoms with van der Waals surface area (Å²) in [7, 11) is 1.54. The highest BCUT2D eigenvalue weighted by Crippen LogP contribution is 2.43. The van der Waals surface area contributed by atoms with Crippen LogP contribution in [-0.4, -0.2) is 36.5 Å². The Bertz CT molecular complexity index is 1390. The minimum Gasteiger partial charge on any atom is -0.507 e. The van der Waals surface area contributed by atoms with Crippen LogP contribution in [0.15, 0.2) is 72.3 Å². The summed E-state index contributed by atoms with van der Waals surface area (Å²) >= 11 is 0. The van der Waals surface area contributed by atoms with Gasteiger partial charge in [0.2, 0.25) is 0 Å². The van der Waals surface area contributed by atoms with E-state index >= 15 is 0 Å². The molecule has 2 heterocycles. The van der Waals surface area contributed by atoms with E-state index in [1.807, 2.05) is 0 Å². The van der Waals surface area contributed by atoms with Crippen molar-refractivity contribution in [3.8, 4) is 17.2 Å². The first-order chi connectivity index (χ1) is 17.4. The van der Waals surface area contributed by atoms with Crippen molar-refractivity contribution in [2.24, 2.45) is 0 Å². The molecule has 182 valence electrons. The summed E-state index contributed by atoms with van der Waals surface area (Å²) in [5.74, 6) is -0.637. The second-order valence-electron chi connectivity index (χ2n) is 8.45. The van der Waals surface area contributed by atoms with E-state index < -0.39 is 23.7 Å². The number of fused-ring (bicyclic) bond motifs is 1. The Morgan fingerprint density at radius 3 is 2.36 bits per heavy atom. The van der Waals surface area contributed by atoms with E-state index in [1.54, 1.807) is 66.7 Å². The Morgan fingerprint density at radius 1 is 1.00 bits per heavy atom. The molecule has 36 heavy (non-hydrogen) atoms. The molecular formula is C28H23NO7. The van der Waals surface area contributed by atoms with Crippen molar-refractivity contribution in [2.75, 3.05) is 18.6 Å². The van der Waals surface area contributed by atoms with Crippen LogP contribution < -0.4 is 19.1 Å². The smallest absolute Gasteiger partial charge is 0.308 e. The third-order valence-corrected chi connectivity index (χ3v) is 6.22. The number of anilines is 1. The average Bonchev–Trinajstić information content (AvgIpc) is 3.46. The van der Waals surface area contributed by atoms with Gasteiger partial charge in [0.15, 0.2) is 0 Å². The first-order valence-corrected chi connectivity index (χ1v) is 11.4. The SMILES string of the molecule is COc1ccc(N2C(=O)C(=O)/C(=C(\O)c3ccc4c(c3)CCO4)C2c2ccc(OC(C)=O)cc2)cc1. The topological polar surface area (TPSA) is 102 Å². The van der Waals surface area contributed by atoms with Crippen LogP contribution in [0.5, 0.6) is 17.2 Å². The number of hydrogen-bond acceptors (Lipinski definition) is 7. The number of ether oxygens (including phenoxy) is 3. The van der Waals surface area contributed by atoms with Crippen LogP contribution in [0.2, 0.25) is 0 Å². The molecule has 0 saturated carbocycles. The molecule has 0 aromatic heterocycles. The minimum atomic E-state index is -0.908. The Morgan fingerprint density at radius 2 is 1.69 bits per heavy atom. The van der Waals surface area contributed by atoms with E-state index in [1.165, 1.54) is 18.9 Å². The zero-order valence-electron chi connectivity index (χ0n) is 19.7. The maximum absolute atomic E-state index is 13.3. The lowest BCUT2D eigenvalue weighted by Gasteiger charge is -2.25. The number of rotatable bonds is 5. The number of amides is 1. The fourth-order valence-electron chi connectivity index (χ4n) is 4.53. The Hall–Kier alpha value is -4.59. The van der Waals surface area contributed by atoms with E-state index in [0.717, 1.165) is 11.3 Å². The van der Waals surface area contributed by atoms with Gasteiger partial charge in [0.1, 0.15) is 23.0 Å². The number of carbonyl (C=O) groups excluding carboxylic acids is 3. The van der Waals surface area contributed by atoms with E-state index in [9.17, 15) is 19.5 Å². The van der Waals surface area contributed by atoms with Gasteiger partial charge in [-0.05, 0) is 65.7 Å². The number of benzene rings is 3. The largest absolute Gasteiger partial charge is 0.507 e. The second kappa shape index (κ2) is 9.22. The summed E-state index contributed by atoms with van der Waals surface area (Å²) < 4.78 is 15.9. The predicted octanol–water partition coefficient (Wildman–Crippen LogP) is 4.18. The van der Waals surface area contributed by atoms with Gasteiger partial charge in [-0.1, -0.05) is 12.1 Å². The normalized spacial score (nSPS) is 18.1. The van der Waals surface area contributed by atoms with Crippen molar-refractivity contribution in [1.82, 2.24) is 0 Å². The molecule has 1 unspecified atom stereocenters. The third kappa shape index (κ3) is 4.07. The van der Waals surface area contributed by atoms with Crippen LogP contribution in [-0.2, 0) is 20.8 Å². The van der Waals surface area contributed by atoms with Crippen molar-refractivity contribution in [3.05, 3.63) is 89.0 Å². The van der Waals surface area contributed by atoms with Gasteiger partial charge < -0.3 is 19.3 Å². The summed E-state index contributed by atoms with van der Waals surface area (Å²) in [4.78, 5) is 39.3. The molecule has 0 aliphatic carbocycles. The average molecular weight is 485 g/mol. The van der Waals surface area contributed by atoms with Gasteiger partial charge in [-0.25, -0.2) is 0 Å². The molecular weight excluding hydrogens is 462 g/mol. The Balaban J connectivity index is 1.65. The molecule has 0 radical (unpaired) electrons. The number of ketones is 1. The van der Waals surface area contributed by atoms with Crippen LogP contribution >= 0.6 is 0 Å². The molecule has 1 amide bonds. The standard InChI is InChI=1S/C28H23NO7/c1-16(30)36-22-8-3-17(4-9-22)25-24(26(31)19-5-12-23-18(15-19)13-14-35-23)27(32)28(33)29(25)20-6-10-21(34-2)11-7-20/h3-12,15,25,31H,13-14H2,1-2H3/b26-24-. The van der Waals surface area contributed by atoms with Crippen LogP contribution in [0.3, 0.4) is 0 Å². The molecule has 5 rings (SSSR count). The number of methoxy groups -OCH3 is 1. The van der Waals surface area contributed by atoms with E-state index in [0.29, 0.717) is 41.3 Å². The molecule has 8 heteroatoms. The van der Waals surface area contributed by atoms with Crippen molar-refractivity contribution >= 4 is 29.1 Å². The van der Waals surface area contributed by atoms with E-state index in [-0.39, 0.29) is 11.3 Å². The molecule has 2 aliphatic heterocycles. The molecule has 1 saturated heterocycles. The number of aliphatic hydroxyl groups excluding tert-OH is 1. The lowest BCUT2D eigenvalue weighted by Crippen LogP contribution is -2.29. The molecule has 3 aromatic carbocycles. The number of esters is 1. The van der Waals surface area contributed by atoms with Gasteiger partial charge in [-0.3, -0.25) is 19.3 Å². The zero-order chi connectivity index (χ0) is 25.4. The molecule has 1 atom stereocenters. The molecule has 0 spiro atoms. The lowest BCUT2D eigenvalue weighted by atomic mass is 9.94. The fraction of sp³-hybridized carbons (Fsp3) is 0.179. The van der Waals surface area contributed by atoms with Gasteiger partial charge in [-0.15, -0.1) is 0 Å². The van der Waals surface area contributed by atoms with Crippen LogP contribution in [0.4, 0.5) is 5.69 Å². The second-order valence-corrected chi connectivity index (χ2v) is 8.45. The molecule has 8 nitrogen and oxygen atoms in total. The molecule has 1 N–H and O–H groups in total. The highest BCUT2D eigenvalue weighted by Gasteiger charge is 2.47. The number of hydrogen-bond donors (Lipinski definition) is 1. The van der Waals surface area contributed by atoms with Crippen LogP contribution in [0.1, 0.15) is 29.7 Å². The predicted molar refractivity (Wildman–Crippen MR) is 131 cm³/mol. The number of carbonyl (C=O) groups is 3. The third-order valence-electron chi connectivity index (χ3n) is 6.22. The highest BCUT2D eigenvalue weighted by atomic mass is 16.5. The van der Waals surface area contributed by atoms with Crippen molar-refractivity contribution < 1.29 is 33.7 Å². The lowest BCUT2D eigenvalue weighted by molar-refractivity contribution is -0.132.